The highest BCUT2D eigenvalue weighted by atomic mass is 19.1. The van der Waals surface area contributed by atoms with Crippen LogP contribution < -0.4 is 0 Å². The predicted molar refractivity (Wildman–Crippen MR) is 91.5 cm³/mol. The van der Waals surface area contributed by atoms with Crippen LogP contribution in [-0.4, -0.2) is 0 Å². The average Bonchev–Trinajstić information content (AvgIpc) is 2.60. The van der Waals surface area contributed by atoms with Gasteiger partial charge in [-0.05, 0) is 86.3 Å². The zero-order chi connectivity index (χ0) is 19.8. The summed E-state index contributed by atoms with van der Waals surface area (Å²) in [6.45, 7) is 3.69. The van der Waals surface area contributed by atoms with Crippen LogP contribution in [0.25, 0.3) is 0 Å². The number of allylic oxidation sites excluding steroid dienone is 1. The third kappa shape index (κ3) is 3.66. The second-order valence-electron chi connectivity index (χ2n) is 6.72. The molecule has 1 nitrogen and oxygen atoms in total. The first-order valence-corrected chi connectivity index (χ1v) is 8.51. The van der Waals surface area contributed by atoms with Gasteiger partial charge in [-0.1, -0.05) is 18.5 Å². The predicted octanol–water partition coefficient (Wildman–Crippen LogP) is 5.96. The molecule has 1 aromatic carbocycles. The molecule has 0 bridgehead atoms. The fraction of sp³-hybridized carbons (Fsp3) is 0.571. The lowest BCUT2D eigenvalue weighted by atomic mass is 9.63. The normalized spacial score (nSPS) is 37.2. The van der Waals surface area contributed by atoms with Gasteiger partial charge in [0.15, 0.2) is 0 Å². The lowest BCUT2D eigenvalue weighted by Crippen LogP contribution is -2.30. The van der Waals surface area contributed by atoms with E-state index in [1.54, 1.807) is 12.1 Å². The summed E-state index contributed by atoms with van der Waals surface area (Å²) in [4.78, 5) is 0. The average molecular weight is 315 g/mol. The summed E-state index contributed by atoms with van der Waals surface area (Å²) < 4.78 is 48.4. The summed E-state index contributed by atoms with van der Waals surface area (Å²) in [5.74, 6) is -1.25. The lowest BCUT2D eigenvalue weighted by Gasteiger charge is -2.42. The SMILES string of the molecule is [2H]C1([2H])CC2CC(c3ccc(C#N)c(F)c3)CCC2C([2H])([2H])C1CCC=C. The Hall–Kier alpha value is -1.62. The molecule has 2 heteroatoms. The van der Waals surface area contributed by atoms with E-state index in [2.05, 4.69) is 6.58 Å². The van der Waals surface area contributed by atoms with Gasteiger partial charge < -0.3 is 0 Å². The molecule has 23 heavy (non-hydrogen) atoms. The van der Waals surface area contributed by atoms with E-state index in [1.165, 1.54) is 12.1 Å². The van der Waals surface area contributed by atoms with E-state index < -0.39 is 24.5 Å². The minimum absolute atomic E-state index is 0.0304. The maximum Gasteiger partial charge on any atom is 0.141 e. The summed E-state index contributed by atoms with van der Waals surface area (Å²) in [5, 5.41) is 8.90. The smallest absolute Gasteiger partial charge is 0.141 e. The third-order valence-corrected chi connectivity index (χ3v) is 5.27. The fourth-order valence-electron chi connectivity index (χ4n) is 3.97. The molecule has 0 spiro atoms. The first kappa shape index (κ1) is 11.8. The number of halogens is 1. The summed E-state index contributed by atoms with van der Waals surface area (Å²) in [5.41, 5.74) is 0.864. The lowest BCUT2D eigenvalue weighted by molar-refractivity contribution is 0.115. The van der Waals surface area contributed by atoms with Crippen molar-refractivity contribution in [2.75, 3.05) is 0 Å². The van der Waals surface area contributed by atoms with Gasteiger partial charge in [-0.25, -0.2) is 4.39 Å². The van der Waals surface area contributed by atoms with Crippen LogP contribution in [0, 0.1) is 34.9 Å². The molecule has 4 atom stereocenters. The van der Waals surface area contributed by atoms with Gasteiger partial charge >= 0.3 is 0 Å². The second-order valence-corrected chi connectivity index (χ2v) is 6.72. The van der Waals surface area contributed by atoms with Crippen molar-refractivity contribution in [3.8, 4) is 6.07 Å². The maximum atomic E-state index is 14.0. The van der Waals surface area contributed by atoms with Crippen LogP contribution in [0.1, 0.15) is 73.8 Å². The van der Waals surface area contributed by atoms with E-state index in [1.807, 2.05) is 6.07 Å². The van der Waals surface area contributed by atoms with Crippen molar-refractivity contribution in [2.24, 2.45) is 17.8 Å². The van der Waals surface area contributed by atoms with E-state index >= 15 is 0 Å². The topological polar surface area (TPSA) is 23.8 Å². The Morgan fingerprint density at radius 3 is 2.96 bits per heavy atom. The molecule has 2 aliphatic rings. The highest BCUT2D eigenvalue weighted by molar-refractivity contribution is 5.35. The van der Waals surface area contributed by atoms with Crippen molar-refractivity contribution in [2.45, 2.75) is 57.2 Å². The van der Waals surface area contributed by atoms with Crippen molar-refractivity contribution in [3.63, 3.8) is 0 Å². The number of fused-ring (bicyclic) bond motifs is 1. The Kier molecular flexibility index (Phi) is 3.76. The number of nitriles is 1. The van der Waals surface area contributed by atoms with E-state index in [4.69, 9.17) is 10.7 Å². The standard InChI is InChI=1S/C21H26FN/c1-2-3-4-15-5-6-17-12-18(8-7-16(17)11-15)19-9-10-20(14-23)21(22)13-19/h2,9-10,13,15-18H,1,3-8,11-12H2/i5D2,11D2. The zero-order valence-corrected chi connectivity index (χ0v) is 13.4. The Bertz CT molecular complexity index is 755. The molecule has 3 rings (SSSR count). The molecule has 2 saturated carbocycles. The summed E-state index contributed by atoms with van der Waals surface area (Å²) in [7, 11) is 0. The van der Waals surface area contributed by atoms with Crippen LogP contribution in [0.4, 0.5) is 4.39 Å². The van der Waals surface area contributed by atoms with Gasteiger partial charge in [-0.3, -0.25) is 0 Å². The van der Waals surface area contributed by atoms with Gasteiger partial charge in [0.2, 0.25) is 0 Å². The van der Waals surface area contributed by atoms with Crippen molar-refractivity contribution in [1.29, 1.82) is 5.26 Å². The van der Waals surface area contributed by atoms with Crippen LogP contribution in [0.15, 0.2) is 30.9 Å². The van der Waals surface area contributed by atoms with Gasteiger partial charge in [0.1, 0.15) is 11.9 Å². The van der Waals surface area contributed by atoms with Crippen LogP contribution in [0.5, 0.6) is 0 Å². The second kappa shape index (κ2) is 7.30. The summed E-state index contributed by atoms with van der Waals surface area (Å²) >= 11 is 0. The molecule has 2 fully saturated rings. The van der Waals surface area contributed by atoms with Crippen molar-refractivity contribution in [1.82, 2.24) is 0 Å². The molecule has 0 N–H and O–H groups in total. The zero-order valence-electron chi connectivity index (χ0n) is 17.4. The van der Waals surface area contributed by atoms with Crippen LogP contribution in [0.3, 0.4) is 0 Å². The van der Waals surface area contributed by atoms with E-state index in [0.717, 1.165) is 12.0 Å². The largest absolute Gasteiger partial charge is 0.206 e. The van der Waals surface area contributed by atoms with Crippen LogP contribution in [-0.2, 0) is 0 Å². The number of hydrogen-bond acceptors (Lipinski definition) is 1. The Labute approximate surface area is 144 Å². The third-order valence-electron chi connectivity index (χ3n) is 5.27. The quantitative estimate of drug-likeness (QED) is 0.628. The minimum atomic E-state index is -1.55. The highest BCUT2D eigenvalue weighted by Crippen LogP contribution is 2.48. The molecule has 1 aromatic rings. The number of benzene rings is 1. The molecule has 0 aromatic heterocycles. The number of rotatable bonds is 4. The highest BCUT2D eigenvalue weighted by Gasteiger charge is 2.35. The van der Waals surface area contributed by atoms with E-state index in [-0.39, 0.29) is 23.3 Å². The van der Waals surface area contributed by atoms with Crippen molar-refractivity contribution < 1.29 is 9.87 Å². The minimum Gasteiger partial charge on any atom is -0.206 e. The van der Waals surface area contributed by atoms with Gasteiger partial charge in [0.05, 0.1) is 5.56 Å². The van der Waals surface area contributed by atoms with E-state index in [0.29, 0.717) is 32.1 Å². The molecule has 0 radical (unpaired) electrons. The fourth-order valence-corrected chi connectivity index (χ4v) is 3.97. The molecule has 2 aliphatic carbocycles. The molecule has 0 amide bonds. The maximum absolute atomic E-state index is 14.0. The molecule has 0 aliphatic heterocycles. The molecular weight excluding hydrogens is 285 g/mol. The first-order chi connectivity index (χ1) is 12.7. The summed E-state index contributed by atoms with van der Waals surface area (Å²) in [6.07, 6.45) is 2.22. The van der Waals surface area contributed by atoms with E-state index in [9.17, 15) is 4.39 Å². The first-order valence-electron chi connectivity index (χ1n) is 10.5. The van der Waals surface area contributed by atoms with Gasteiger partial charge in [0, 0.05) is 5.48 Å². The Morgan fingerprint density at radius 1 is 1.35 bits per heavy atom. The van der Waals surface area contributed by atoms with Crippen molar-refractivity contribution >= 4 is 0 Å². The monoisotopic (exact) mass is 315 g/mol. The molecular formula is C21H26FN. The van der Waals surface area contributed by atoms with Crippen LogP contribution >= 0.6 is 0 Å². The number of hydrogen-bond donors (Lipinski definition) is 0. The van der Waals surface area contributed by atoms with Gasteiger partial charge in [-0.2, -0.15) is 5.26 Å². The molecule has 4 unspecified atom stereocenters. The van der Waals surface area contributed by atoms with Crippen molar-refractivity contribution in [3.05, 3.63) is 47.8 Å². The van der Waals surface area contributed by atoms with Gasteiger partial charge in [-0.15, -0.1) is 6.58 Å². The number of nitrogens with zero attached hydrogens (tertiary/aromatic N) is 1. The Morgan fingerprint density at radius 2 is 2.22 bits per heavy atom. The molecule has 0 heterocycles. The van der Waals surface area contributed by atoms with Crippen LogP contribution in [0.2, 0.25) is 0 Å². The van der Waals surface area contributed by atoms with Gasteiger partial charge in [0.25, 0.3) is 0 Å². The Balaban J connectivity index is 1.82. The molecule has 0 saturated heterocycles. The summed E-state index contributed by atoms with van der Waals surface area (Å²) in [6, 6.07) is 6.54. The molecule has 122 valence electrons.